The van der Waals surface area contributed by atoms with Crippen LogP contribution in [0.2, 0.25) is 0 Å². The molecule has 0 atom stereocenters. The molecule has 116 valence electrons. The monoisotopic (exact) mass is 356 g/mol. The van der Waals surface area contributed by atoms with Gasteiger partial charge < -0.3 is 14.2 Å². The van der Waals surface area contributed by atoms with E-state index in [0.717, 1.165) is 25.8 Å². The van der Waals surface area contributed by atoms with Crippen LogP contribution >= 0.6 is 15.9 Å². The Hall–Kier alpha value is -1.30. The first-order chi connectivity index (χ1) is 10.1. The third kappa shape index (κ3) is 4.33. The van der Waals surface area contributed by atoms with Crippen LogP contribution < -0.4 is 0 Å². The number of carbonyl (C=O) groups excluding carboxylic acids is 2. The summed E-state index contributed by atoms with van der Waals surface area (Å²) in [6, 6.07) is 3.38. The summed E-state index contributed by atoms with van der Waals surface area (Å²) in [4.78, 5) is 28.0. The number of carbonyl (C=O) groups is 2. The van der Waals surface area contributed by atoms with E-state index in [1.807, 2.05) is 4.90 Å². The van der Waals surface area contributed by atoms with Gasteiger partial charge in [-0.25, -0.2) is 0 Å². The molecule has 1 aliphatic rings. The van der Waals surface area contributed by atoms with E-state index in [9.17, 15) is 9.59 Å². The molecule has 0 radical (unpaired) electrons. The van der Waals surface area contributed by atoms with Gasteiger partial charge in [-0.05, 0) is 40.9 Å². The first-order valence-electron chi connectivity index (χ1n) is 7.44. The van der Waals surface area contributed by atoms with Crippen molar-refractivity contribution in [1.29, 1.82) is 0 Å². The van der Waals surface area contributed by atoms with Gasteiger partial charge in [0.2, 0.25) is 5.91 Å². The third-order valence-corrected chi connectivity index (χ3v) is 4.09. The Morgan fingerprint density at radius 2 is 1.90 bits per heavy atom. The molecule has 0 saturated carbocycles. The number of halogens is 1. The van der Waals surface area contributed by atoms with Crippen molar-refractivity contribution >= 4 is 27.7 Å². The number of hydrogen-bond acceptors (Lipinski definition) is 3. The van der Waals surface area contributed by atoms with E-state index in [4.69, 9.17) is 4.42 Å². The zero-order valence-electron chi connectivity index (χ0n) is 12.3. The summed E-state index contributed by atoms with van der Waals surface area (Å²) in [5.41, 5.74) is 0. The molecule has 2 heterocycles. The highest BCUT2D eigenvalue weighted by atomic mass is 79.9. The van der Waals surface area contributed by atoms with Gasteiger partial charge in [-0.1, -0.05) is 13.3 Å². The predicted octanol–water partition coefficient (Wildman–Crippen LogP) is 2.91. The lowest BCUT2D eigenvalue weighted by molar-refractivity contribution is -0.131. The van der Waals surface area contributed by atoms with Crippen molar-refractivity contribution in [2.24, 2.45) is 0 Å². The van der Waals surface area contributed by atoms with Crippen LogP contribution in [0.4, 0.5) is 0 Å². The van der Waals surface area contributed by atoms with Gasteiger partial charge in [-0.3, -0.25) is 9.59 Å². The van der Waals surface area contributed by atoms with Crippen LogP contribution in [-0.4, -0.2) is 47.8 Å². The first kappa shape index (κ1) is 16.1. The third-order valence-electron chi connectivity index (χ3n) is 3.66. The van der Waals surface area contributed by atoms with Gasteiger partial charge in [0.05, 0.1) is 0 Å². The van der Waals surface area contributed by atoms with Crippen LogP contribution in [0, 0.1) is 0 Å². The number of unbranched alkanes of at least 4 members (excludes halogenated alkanes) is 1. The molecule has 2 rings (SSSR count). The summed E-state index contributed by atoms with van der Waals surface area (Å²) < 4.78 is 5.86. The molecular formula is C15H21BrN2O3. The minimum Gasteiger partial charge on any atom is -0.444 e. The van der Waals surface area contributed by atoms with Gasteiger partial charge in [0.15, 0.2) is 10.4 Å². The second-order valence-corrected chi connectivity index (χ2v) is 6.02. The highest BCUT2D eigenvalue weighted by Crippen LogP contribution is 2.17. The molecule has 2 amide bonds. The standard InChI is InChI=1S/C15H21BrN2O3/c1-2-3-5-14(19)17-8-4-9-18(11-10-17)15(20)12-6-7-13(16)21-12/h6-7H,2-5,8-11H2,1H3. The van der Waals surface area contributed by atoms with Gasteiger partial charge in [-0.2, -0.15) is 0 Å². The summed E-state index contributed by atoms with van der Waals surface area (Å²) in [7, 11) is 0. The Bertz CT molecular complexity index is 501. The summed E-state index contributed by atoms with van der Waals surface area (Å²) in [5, 5.41) is 0. The first-order valence-corrected chi connectivity index (χ1v) is 8.23. The quantitative estimate of drug-likeness (QED) is 0.833. The minimum atomic E-state index is -0.108. The molecule has 21 heavy (non-hydrogen) atoms. The highest BCUT2D eigenvalue weighted by Gasteiger charge is 2.24. The number of rotatable bonds is 4. The fourth-order valence-corrected chi connectivity index (χ4v) is 2.75. The van der Waals surface area contributed by atoms with Crippen molar-refractivity contribution < 1.29 is 14.0 Å². The maximum Gasteiger partial charge on any atom is 0.289 e. The Morgan fingerprint density at radius 3 is 2.57 bits per heavy atom. The van der Waals surface area contributed by atoms with Crippen LogP contribution in [0.3, 0.4) is 0 Å². The molecule has 0 N–H and O–H groups in total. The summed E-state index contributed by atoms with van der Waals surface area (Å²) in [6.07, 6.45) is 3.37. The molecule has 0 unspecified atom stereocenters. The van der Waals surface area contributed by atoms with Gasteiger partial charge in [-0.15, -0.1) is 0 Å². The molecule has 1 fully saturated rings. The molecule has 5 nitrogen and oxygen atoms in total. The Labute approximate surface area is 133 Å². The van der Waals surface area contributed by atoms with E-state index in [1.54, 1.807) is 17.0 Å². The normalized spacial score (nSPS) is 15.9. The van der Waals surface area contributed by atoms with E-state index in [-0.39, 0.29) is 11.8 Å². The molecule has 1 saturated heterocycles. The molecular weight excluding hydrogens is 336 g/mol. The van der Waals surface area contributed by atoms with Crippen LogP contribution in [0.15, 0.2) is 21.2 Å². The maximum atomic E-state index is 12.3. The maximum absolute atomic E-state index is 12.3. The largest absolute Gasteiger partial charge is 0.444 e. The molecule has 6 heteroatoms. The lowest BCUT2D eigenvalue weighted by Gasteiger charge is -2.21. The average molecular weight is 357 g/mol. The van der Waals surface area contributed by atoms with E-state index in [0.29, 0.717) is 36.5 Å². The zero-order chi connectivity index (χ0) is 15.2. The zero-order valence-corrected chi connectivity index (χ0v) is 13.9. The molecule has 0 aliphatic carbocycles. The SMILES string of the molecule is CCCCC(=O)N1CCCN(C(=O)c2ccc(Br)o2)CC1. The lowest BCUT2D eigenvalue weighted by Crippen LogP contribution is -2.37. The molecule has 1 aromatic rings. The van der Waals surface area contributed by atoms with Crippen molar-refractivity contribution in [3.63, 3.8) is 0 Å². The van der Waals surface area contributed by atoms with E-state index >= 15 is 0 Å². The molecule has 0 bridgehead atoms. The smallest absolute Gasteiger partial charge is 0.289 e. The molecule has 1 aliphatic heterocycles. The highest BCUT2D eigenvalue weighted by molar-refractivity contribution is 9.10. The fraction of sp³-hybridized carbons (Fsp3) is 0.600. The van der Waals surface area contributed by atoms with Gasteiger partial charge in [0.1, 0.15) is 0 Å². The van der Waals surface area contributed by atoms with E-state index in [1.165, 1.54) is 0 Å². The second-order valence-electron chi connectivity index (χ2n) is 5.23. The van der Waals surface area contributed by atoms with E-state index in [2.05, 4.69) is 22.9 Å². The summed E-state index contributed by atoms with van der Waals surface area (Å²) in [6.45, 7) is 4.64. The lowest BCUT2D eigenvalue weighted by atomic mass is 10.2. The van der Waals surface area contributed by atoms with Gasteiger partial charge in [0, 0.05) is 32.6 Å². The van der Waals surface area contributed by atoms with Crippen LogP contribution in [0.25, 0.3) is 0 Å². The predicted molar refractivity (Wildman–Crippen MR) is 83.0 cm³/mol. The number of nitrogens with zero attached hydrogens (tertiary/aromatic N) is 2. The number of furan rings is 1. The number of hydrogen-bond donors (Lipinski definition) is 0. The van der Waals surface area contributed by atoms with Crippen molar-refractivity contribution in [3.8, 4) is 0 Å². The van der Waals surface area contributed by atoms with Gasteiger partial charge >= 0.3 is 0 Å². The Balaban J connectivity index is 1.91. The van der Waals surface area contributed by atoms with Crippen molar-refractivity contribution in [2.75, 3.05) is 26.2 Å². The van der Waals surface area contributed by atoms with Crippen LogP contribution in [-0.2, 0) is 4.79 Å². The summed E-state index contributed by atoms with van der Waals surface area (Å²) in [5.74, 6) is 0.433. The Kier molecular flexibility index (Phi) is 5.85. The van der Waals surface area contributed by atoms with Crippen molar-refractivity contribution in [3.05, 3.63) is 22.6 Å². The topological polar surface area (TPSA) is 53.8 Å². The van der Waals surface area contributed by atoms with Crippen molar-refractivity contribution in [2.45, 2.75) is 32.6 Å². The Morgan fingerprint density at radius 1 is 1.19 bits per heavy atom. The van der Waals surface area contributed by atoms with Crippen molar-refractivity contribution in [1.82, 2.24) is 9.80 Å². The van der Waals surface area contributed by atoms with Gasteiger partial charge in [0.25, 0.3) is 5.91 Å². The molecule has 0 spiro atoms. The van der Waals surface area contributed by atoms with E-state index < -0.39 is 0 Å². The number of amides is 2. The minimum absolute atomic E-state index is 0.108. The second kappa shape index (κ2) is 7.64. The molecule has 1 aromatic heterocycles. The fourth-order valence-electron chi connectivity index (χ4n) is 2.44. The summed E-state index contributed by atoms with van der Waals surface area (Å²) >= 11 is 3.20. The average Bonchev–Trinajstić information content (AvgIpc) is 2.76. The van der Waals surface area contributed by atoms with Crippen LogP contribution in [0.5, 0.6) is 0 Å². The molecule has 0 aromatic carbocycles. The van der Waals surface area contributed by atoms with Crippen LogP contribution in [0.1, 0.15) is 43.2 Å².